The topological polar surface area (TPSA) is 71.0 Å². The van der Waals surface area contributed by atoms with E-state index >= 15 is 0 Å². The summed E-state index contributed by atoms with van der Waals surface area (Å²) in [7, 11) is 1.68. The number of carbonyl (C=O) groups is 1. The van der Waals surface area contributed by atoms with Gasteiger partial charge in [0, 0.05) is 31.6 Å². The number of anilines is 1. The molecule has 1 aliphatic rings. The Morgan fingerprint density at radius 2 is 1.62 bits per heavy atom. The Morgan fingerprint density at radius 3 is 2.15 bits per heavy atom. The van der Waals surface area contributed by atoms with Gasteiger partial charge in [-0.2, -0.15) is 0 Å². The minimum Gasteiger partial charge on any atom is -0.449 e. The molecule has 3 unspecified atom stereocenters. The van der Waals surface area contributed by atoms with E-state index in [9.17, 15) is 18.7 Å². The van der Waals surface area contributed by atoms with Gasteiger partial charge in [0.05, 0.1) is 31.5 Å². The van der Waals surface area contributed by atoms with Crippen molar-refractivity contribution >= 4 is 11.8 Å². The van der Waals surface area contributed by atoms with Crippen molar-refractivity contribution < 1.29 is 28.2 Å². The van der Waals surface area contributed by atoms with Gasteiger partial charge in [-0.15, -0.1) is 0 Å². The third kappa shape index (κ3) is 7.62. The molecule has 0 radical (unpaired) electrons. The second kappa shape index (κ2) is 13.6. The normalized spacial score (nSPS) is 19.2. The van der Waals surface area contributed by atoms with Gasteiger partial charge in [0.15, 0.2) is 0 Å². The van der Waals surface area contributed by atoms with Crippen LogP contribution in [-0.4, -0.2) is 49.7 Å². The van der Waals surface area contributed by atoms with Crippen LogP contribution in [0.2, 0.25) is 0 Å². The van der Waals surface area contributed by atoms with Crippen molar-refractivity contribution in [3.63, 3.8) is 0 Å². The molecule has 4 rings (SSSR count). The number of aliphatic hydroxyl groups is 1. The van der Waals surface area contributed by atoms with Crippen molar-refractivity contribution in [2.75, 3.05) is 25.2 Å². The summed E-state index contributed by atoms with van der Waals surface area (Å²) in [4.78, 5) is 13.6. The number of nitrogens with one attached hydrogen (secondary N) is 1. The van der Waals surface area contributed by atoms with Crippen LogP contribution in [0.1, 0.15) is 48.8 Å². The number of carbonyl (C=O) groups excluding carboxylic acids is 1. The third-order valence-corrected chi connectivity index (χ3v) is 7.15. The van der Waals surface area contributed by atoms with Crippen molar-refractivity contribution in [3.05, 3.63) is 101 Å². The largest absolute Gasteiger partial charge is 0.449 e. The lowest BCUT2D eigenvalue weighted by Crippen LogP contribution is -2.50. The quantitative estimate of drug-likeness (QED) is 0.321. The van der Waals surface area contributed by atoms with Gasteiger partial charge >= 0.3 is 6.09 Å². The van der Waals surface area contributed by atoms with Crippen LogP contribution in [0.25, 0.3) is 0 Å². The first-order chi connectivity index (χ1) is 18.9. The average Bonchev–Trinajstić information content (AvgIpc) is 2.95. The predicted octanol–water partition coefficient (Wildman–Crippen LogP) is 5.78. The number of nitrogens with zero attached hydrogens (tertiary/aromatic N) is 1. The second-order valence-electron chi connectivity index (χ2n) is 9.94. The molecule has 1 aliphatic heterocycles. The molecule has 1 saturated heterocycles. The molecular weight excluding hydrogens is 502 g/mol. The maximum atomic E-state index is 13.6. The lowest BCUT2D eigenvalue weighted by molar-refractivity contribution is -0.0718. The van der Waals surface area contributed by atoms with Crippen LogP contribution >= 0.6 is 0 Å². The van der Waals surface area contributed by atoms with E-state index in [-0.39, 0.29) is 42.4 Å². The summed E-state index contributed by atoms with van der Waals surface area (Å²) in [6, 6.07) is 19.7. The highest BCUT2D eigenvalue weighted by Gasteiger charge is 2.35. The van der Waals surface area contributed by atoms with E-state index in [0.29, 0.717) is 19.6 Å². The van der Waals surface area contributed by atoms with Gasteiger partial charge in [0.1, 0.15) is 11.6 Å². The van der Waals surface area contributed by atoms with Gasteiger partial charge in [-0.05, 0) is 59.5 Å². The van der Waals surface area contributed by atoms with Crippen LogP contribution < -0.4 is 10.2 Å². The predicted molar refractivity (Wildman–Crippen MR) is 147 cm³/mol. The van der Waals surface area contributed by atoms with Gasteiger partial charge in [-0.25, -0.2) is 13.6 Å². The van der Waals surface area contributed by atoms with Gasteiger partial charge in [-0.3, -0.25) is 4.90 Å². The maximum absolute atomic E-state index is 13.6. The number of ether oxygens (including phenoxy) is 2. The molecule has 1 amide bonds. The number of halogens is 2. The summed E-state index contributed by atoms with van der Waals surface area (Å²) in [5.41, 5.74) is 3.41. The lowest BCUT2D eigenvalue weighted by atomic mass is 9.82. The SMILES string of the molecule is CCCCOC(=O)N(C)c1ccc(CNC2COC(C(c3ccc(F)cc3)c3ccc(F)cc3)CC2O)cc1. The van der Waals surface area contributed by atoms with Crippen molar-refractivity contribution in [1.82, 2.24) is 5.32 Å². The molecule has 2 N–H and O–H groups in total. The molecule has 8 heteroatoms. The Bertz CT molecular complexity index is 1140. The molecule has 0 aromatic heterocycles. The Kier molecular flexibility index (Phi) is 10.0. The summed E-state index contributed by atoms with van der Waals surface area (Å²) in [6.45, 7) is 3.25. The smallest absolute Gasteiger partial charge is 0.414 e. The molecule has 1 fully saturated rings. The summed E-state index contributed by atoms with van der Waals surface area (Å²) in [5, 5.41) is 14.4. The van der Waals surface area contributed by atoms with Gasteiger partial charge < -0.3 is 19.9 Å². The molecule has 1 heterocycles. The van der Waals surface area contributed by atoms with Gasteiger partial charge in [0.25, 0.3) is 0 Å². The summed E-state index contributed by atoms with van der Waals surface area (Å²) in [5.74, 6) is -0.950. The van der Waals surface area contributed by atoms with E-state index in [0.717, 1.165) is 35.2 Å². The second-order valence-corrected chi connectivity index (χ2v) is 9.94. The average molecular weight is 539 g/mol. The number of benzene rings is 3. The van der Waals surface area contributed by atoms with E-state index in [1.807, 2.05) is 31.2 Å². The fraction of sp³-hybridized carbons (Fsp3) is 0.387. The van der Waals surface area contributed by atoms with Crippen molar-refractivity contribution in [2.45, 2.75) is 56.9 Å². The summed E-state index contributed by atoms with van der Waals surface area (Å²) < 4.78 is 38.7. The number of hydrogen-bond acceptors (Lipinski definition) is 5. The van der Waals surface area contributed by atoms with Gasteiger partial charge in [-0.1, -0.05) is 49.7 Å². The molecule has 3 aromatic carbocycles. The van der Waals surface area contributed by atoms with E-state index in [2.05, 4.69) is 5.32 Å². The zero-order valence-corrected chi connectivity index (χ0v) is 22.4. The molecule has 0 saturated carbocycles. The zero-order chi connectivity index (χ0) is 27.8. The standard InChI is InChI=1S/C31H36F2N2O4/c1-3-4-17-38-31(37)35(2)26-15-5-21(6-16-26)19-34-27-20-39-29(18-28(27)36)30(22-7-11-24(32)12-8-22)23-9-13-25(33)14-10-23/h5-16,27-30,34,36H,3-4,17-20H2,1-2H3. The van der Waals surface area contributed by atoms with Crippen LogP contribution in [0, 0.1) is 11.6 Å². The molecule has 0 aliphatic carbocycles. The summed E-state index contributed by atoms with van der Waals surface area (Å²) in [6.07, 6.45) is 0.743. The highest BCUT2D eigenvalue weighted by atomic mass is 19.1. The molecule has 39 heavy (non-hydrogen) atoms. The third-order valence-electron chi connectivity index (χ3n) is 7.15. The Labute approximate surface area is 228 Å². The first kappa shape index (κ1) is 28.7. The van der Waals surface area contributed by atoms with E-state index in [4.69, 9.17) is 9.47 Å². The zero-order valence-electron chi connectivity index (χ0n) is 22.4. The number of amides is 1. The first-order valence-electron chi connectivity index (χ1n) is 13.4. The highest BCUT2D eigenvalue weighted by molar-refractivity contribution is 5.86. The minimum absolute atomic E-state index is 0.278. The van der Waals surface area contributed by atoms with Crippen LogP contribution in [0.5, 0.6) is 0 Å². The molecular formula is C31H36F2N2O4. The fourth-order valence-corrected chi connectivity index (χ4v) is 4.79. The van der Waals surface area contributed by atoms with Crippen molar-refractivity contribution in [2.24, 2.45) is 0 Å². The number of unbranched alkanes of at least 4 members (excludes halogenated alkanes) is 1. The molecule has 3 aromatic rings. The molecule has 208 valence electrons. The van der Waals surface area contributed by atoms with E-state index < -0.39 is 6.10 Å². The minimum atomic E-state index is -0.671. The molecule has 6 nitrogen and oxygen atoms in total. The van der Waals surface area contributed by atoms with Crippen LogP contribution in [0.4, 0.5) is 19.3 Å². The monoisotopic (exact) mass is 538 g/mol. The summed E-state index contributed by atoms with van der Waals surface area (Å²) >= 11 is 0. The van der Waals surface area contributed by atoms with Crippen LogP contribution in [-0.2, 0) is 16.0 Å². The van der Waals surface area contributed by atoms with Crippen LogP contribution in [0.3, 0.4) is 0 Å². The van der Waals surface area contributed by atoms with Crippen LogP contribution in [0.15, 0.2) is 72.8 Å². The van der Waals surface area contributed by atoms with Gasteiger partial charge in [0.2, 0.25) is 0 Å². The number of rotatable bonds is 10. The molecule has 0 bridgehead atoms. The Hall–Kier alpha value is -3.33. The Balaban J connectivity index is 1.35. The number of hydrogen-bond donors (Lipinski definition) is 2. The van der Waals surface area contributed by atoms with E-state index in [1.54, 1.807) is 31.3 Å². The number of aliphatic hydroxyl groups excluding tert-OH is 1. The van der Waals surface area contributed by atoms with E-state index in [1.165, 1.54) is 29.2 Å². The van der Waals surface area contributed by atoms with Crippen molar-refractivity contribution in [3.8, 4) is 0 Å². The first-order valence-corrected chi connectivity index (χ1v) is 13.4. The van der Waals surface area contributed by atoms with Crippen molar-refractivity contribution in [1.29, 1.82) is 0 Å². The highest BCUT2D eigenvalue weighted by Crippen LogP contribution is 2.35. The lowest BCUT2D eigenvalue weighted by Gasteiger charge is -2.38. The molecule has 0 spiro atoms. The maximum Gasteiger partial charge on any atom is 0.414 e. The molecule has 3 atom stereocenters. The Morgan fingerprint density at radius 1 is 1.03 bits per heavy atom. The fourth-order valence-electron chi connectivity index (χ4n) is 4.79.